The van der Waals surface area contributed by atoms with Crippen molar-refractivity contribution in [2.45, 2.75) is 31.5 Å². The number of aliphatic hydroxyl groups is 1. The maximum atomic E-state index is 10.9. The molecular weight excluding hydrogens is 204 g/mol. The molecule has 0 aromatic heterocycles. The van der Waals surface area contributed by atoms with Crippen molar-refractivity contribution in [3.05, 3.63) is 0 Å². The molecule has 1 fully saturated rings. The van der Waals surface area contributed by atoms with Crippen LogP contribution in [0.25, 0.3) is 0 Å². The van der Waals surface area contributed by atoms with E-state index in [1.165, 1.54) is 14.2 Å². The lowest BCUT2D eigenvalue weighted by Gasteiger charge is -2.40. The van der Waals surface area contributed by atoms with Gasteiger partial charge in [0.05, 0.1) is 6.10 Å². The van der Waals surface area contributed by atoms with Gasteiger partial charge in [-0.2, -0.15) is 0 Å². The summed E-state index contributed by atoms with van der Waals surface area (Å²) >= 11 is 0. The van der Waals surface area contributed by atoms with Crippen LogP contribution in [0.1, 0.15) is 6.92 Å². The van der Waals surface area contributed by atoms with Gasteiger partial charge in [-0.25, -0.2) is 4.79 Å². The van der Waals surface area contributed by atoms with Crippen molar-refractivity contribution >= 4 is 5.97 Å². The second-order valence-corrected chi connectivity index (χ2v) is 3.55. The zero-order valence-corrected chi connectivity index (χ0v) is 8.91. The Balaban J connectivity index is 2.84. The number of carboxylic acids is 1. The first-order valence-corrected chi connectivity index (χ1v) is 4.64. The standard InChI is InChI=1S/C9H16O6/c1-4-5(10)6(13-2)7(8(11)12)15-9(4)14-3/h4-7,9-10H,1-3H3,(H,11,12)/t4?,5-,6+,7?,9-/m1/s1. The van der Waals surface area contributed by atoms with Crippen LogP contribution < -0.4 is 0 Å². The number of aliphatic carboxylic acids is 1. The molecule has 6 heteroatoms. The summed E-state index contributed by atoms with van der Waals surface area (Å²) in [5, 5.41) is 18.7. The molecule has 1 heterocycles. The highest BCUT2D eigenvalue weighted by Crippen LogP contribution is 2.28. The first-order valence-electron chi connectivity index (χ1n) is 4.64. The molecule has 0 bridgehead atoms. The Hall–Kier alpha value is -0.690. The van der Waals surface area contributed by atoms with Crippen molar-refractivity contribution in [3.63, 3.8) is 0 Å². The van der Waals surface area contributed by atoms with Crippen LogP contribution in [0.4, 0.5) is 0 Å². The number of methoxy groups -OCH3 is 2. The van der Waals surface area contributed by atoms with Gasteiger partial charge in [-0.05, 0) is 0 Å². The number of ether oxygens (including phenoxy) is 3. The molecule has 1 aliphatic rings. The Morgan fingerprint density at radius 1 is 1.33 bits per heavy atom. The molecule has 6 nitrogen and oxygen atoms in total. The molecule has 0 spiro atoms. The fraction of sp³-hybridized carbons (Fsp3) is 0.889. The van der Waals surface area contributed by atoms with Gasteiger partial charge in [0.2, 0.25) is 0 Å². The molecule has 2 N–H and O–H groups in total. The van der Waals surface area contributed by atoms with Gasteiger partial charge in [-0.1, -0.05) is 6.92 Å². The van der Waals surface area contributed by atoms with E-state index in [2.05, 4.69) is 0 Å². The van der Waals surface area contributed by atoms with Gasteiger partial charge in [0, 0.05) is 20.1 Å². The van der Waals surface area contributed by atoms with Crippen LogP contribution in [-0.2, 0) is 19.0 Å². The van der Waals surface area contributed by atoms with Crippen LogP contribution in [-0.4, -0.2) is 55.0 Å². The zero-order valence-electron chi connectivity index (χ0n) is 8.91. The van der Waals surface area contributed by atoms with E-state index in [0.29, 0.717) is 0 Å². The number of carboxylic acid groups (broad SMARTS) is 1. The molecule has 0 aromatic rings. The fourth-order valence-electron chi connectivity index (χ4n) is 1.72. The fourth-order valence-corrected chi connectivity index (χ4v) is 1.72. The normalized spacial score (nSPS) is 41.5. The lowest BCUT2D eigenvalue weighted by molar-refractivity contribution is -0.272. The van der Waals surface area contributed by atoms with Gasteiger partial charge in [0.15, 0.2) is 12.4 Å². The monoisotopic (exact) mass is 220 g/mol. The second-order valence-electron chi connectivity index (χ2n) is 3.55. The summed E-state index contributed by atoms with van der Waals surface area (Å²) in [5.74, 6) is -1.51. The third-order valence-corrected chi connectivity index (χ3v) is 2.63. The van der Waals surface area contributed by atoms with E-state index in [9.17, 15) is 9.90 Å². The predicted molar refractivity (Wildman–Crippen MR) is 49.3 cm³/mol. The molecule has 2 unspecified atom stereocenters. The average Bonchev–Trinajstić information content (AvgIpc) is 2.21. The molecule has 1 rings (SSSR count). The third-order valence-electron chi connectivity index (χ3n) is 2.63. The minimum atomic E-state index is -1.20. The van der Waals surface area contributed by atoms with Crippen LogP contribution in [0.3, 0.4) is 0 Å². The number of hydrogen-bond donors (Lipinski definition) is 2. The van der Waals surface area contributed by atoms with Crippen LogP contribution in [0.15, 0.2) is 0 Å². The summed E-state index contributed by atoms with van der Waals surface area (Å²) in [7, 11) is 2.74. The minimum absolute atomic E-state index is 0.337. The van der Waals surface area contributed by atoms with Crippen molar-refractivity contribution in [3.8, 4) is 0 Å². The minimum Gasteiger partial charge on any atom is -0.479 e. The van der Waals surface area contributed by atoms with Crippen molar-refractivity contribution in [2.75, 3.05) is 14.2 Å². The molecule has 15 heavy (non-hydrogen) atoms. The van der Waals surface area contributed by atoms with Crippen molar-refractivity contribution < 1.29 is 29.2 Å². The van der Waals surface area contributed by atoms with E-state index in [4.69, 9.17) is 19.3 Å². The summed E-state index contributed by atoms with van der Waals surface area (Å²) in [6, 6.07) is 0. The van der Waals surface area contributed by atoms with Crippen LogP contribution in [0.2, 0.25) is 0 Å². The zero-order chi connectivity index (χ0) is 11.6. The van der Waals surface area contributed by atoms with Gasteiger partial charge in [-0.3, -0.25) is 0 Å². The Morgan fingerprint density at radius 2 is 1.93 bits per heavy atom. The summed E-state index contributed by atoms with van der Waals surface area (Å²) in [6.07, 6.45) is -3.72. The number of carbonyl (C=O) groups is 1. The first kappa shape index (κ1) is 12.4. The van der Waals surface area contributed by atoms with Gasteiger partial charge in [0.1, 0.15) is 6.10 Å². The molecule has 88 valence electrons. The third kappa shape index (κ3) is 2.28. The summed E-state index contributed by atoms with van der Waals surface area (Å²) in [4.78, 5) is 10.9. The molecule has 1 saturated heterocycles. The lowest BCUT2D eigenvalue weighted by Crippen LogP contribution is -2.57. The van der Waals surface area contributed by atoms with E-state index in [1.54, 1.807) is 6.92 Å². The number of hydrogen-bond acceptors (Lipinski definition) is 5. The maximum absolute atomic E-state index is 10.9. The number of aliphatic hydroxyl groups excluding tert-OH is 1. The topological polar surface area (TPSA) is 85.2 Å². The average molecular weight is 220 g/mol. The Kier molecular flexibility index (Phi) is 4.04. The largest absolute Gasteiger partial charge is 0.479 e. The highest BCUT2D eigenvalue weighted by molar-refractivity contribution is 5.73. The Labute approximate surface area is 87.7 Å². The summed E-state index contributed by atoms with van der Waals surface area (Å²) in [6.45, 7) is 1.71. The summed E-state index contributed by atoms with van der Waals surface area (Å²) < 4.78 is 15.1. The van der Waals surface area contributed by atoms with E-state index in [1.807, 2.05) is 0 Å². The Bertz CT molecular complexity index is 231. The predicted octanol–water partition coefficient (Wildman–Crippen LogP) is -0.546. The second kappa shape index (κ2) is 4.89. The van der Waals surface area contributed by atoms with Crippen molar-refractivity contribution in [1.29, 1.82) is 0 Å². The molecular formula is C9H16O6. The van der Waals surface area contributed by atoms with Crippen molar-refractivity contribution in [2.24, 2.45) is 5.92 Å². The number of rotatable bonds is 3. The van der Waals surface area contributed by atoms with Crippen molar-refractivity contribution in [1.82, 2.24) is 0 Å². The van der Waals surface area contributed by atoms with E-state index >= 15 is 0 Å². The molecule has 0 aliphatic carbocycles. The smallest absolute Gasteiger partial charge is 0.335 e. The van der Waals surface area contributed by atoms with E-state index < -0.39 is 30.6 Å². The van der Waals surface area contributed by atoms with Gasteiger partial charge in [-0.15, -0.1) is 0 Å². The Morgan fingerprint density at radius 3 is 2.33 bits per heavy atom. The molecule has 0 aromatic carbocycles. The van der Waals surface area contributed by atoms with Gasteiger partial charge >= 0.3 is 5.97 Å². The van der Waals surface area contributed by atoms with Gasteiger partial charge < -0.3 is 24.4 Å². The van der Waals surface area contributed by atoms with Crippen LogP contribution in [0, 0.1) is 5.92 Å². The molecule has 5 atom stereocenters. The summed E-state index contributed by atoms with van der Waals surface area (Å²) in [5.41, 5.74) is 0. The SMILES string of the molecule is CO[C@@H]1OC(C(=O)O)[C@@H](OC)[C@H](O)C1C. The molecule has 0 amide bonds. The maximum Gasteiger partial charge on any atom is 0.335 e. The first-order chi connectivity index (χ1) is 7.02. The van der Waals surface area contributed by atoms with E-state index in [0.717, 1.165) is 0 Å². The lowest BCUT2D eigenvalue weighted by atomic mass is 9.92. The molecule has 0 radical (unpaired) electrons. The quantitative estimate of drug-likeness (QED) is 0.664. The molecule has 1 aliphatic heterocycles. The van der Waals surface area contributed by atoms with E-state index in [-0.39, 0.29) is 5.92 Å². The van der Waals surface area contributed by atoms with Crippen LogP contribution in [0.5, 0.6) is 0 Å². The highest BCUT2D eigenvalue weighted by atomic mass is 16.7. The highest BCUT2D eigenvalue weighted by Gasteiger charge is 2.46. The van der Waals surface area contributed by atoms with Crippen LogP contribution >= 0.6 is 0 Å². The molecule has 0 saturated carbocycles. The van der Waals surface area contributed by atoms with Gasteiger partial charge in [0.25, 0.3) is 0 Å².